The van der Waals surface area contributed by atoms with Crippen LogP contribution in [0.4, 0.5) is 0 Å². The molecule has 1 aromatic carbocycles. The number of hydrogen-bond acceptors (Lipinski definition) is 2. The number of aromatic carboxylic acids is 1. The fourth-order valence-electron chi connectivity index (χ4n) is 1.11. The van der Waals surface area contributed by atoms with Crippen molar-refractivity contribution in [2.24, 2.45) is 0 Å². The Hall–Kier alpha value is -1.05. The Bertz CT molecular complexity index is 426. The minimum atomic E-state index is -1.12. The molecule has 0 fully saturated rings. The largest absolute Gasteiger partial charge is 0.478 e. The highest BCUT2D eigenvalue weighted by Gasteiger charge is 2.15. The Balaban J connectivity index is 3.50. The maximum Gasteiger partial charge on any atom is 0.337 e. The van der Waals surface area contributed by atoms with E-state index in [0.29, 0.717) is 15.9 Å². The van der Waals surface area contributed by atoms with Gasteiger partial charge in [-0.15, -0.1) is 0 Å². The Kier molecular flexibility index (Phi) is 3.50. The van der Waals surface area contributed by atoms with Crippen LogP contribution in [0.3, 0.4) is 0 Å². The average molecular weight is 275 g/mol. The first-order chi connectivity index (χ1) is 6.60. The van der Waals surface area contributed by atoms with E-state index in [1.165, 1.54) is 12.1 Å². The lowest BCUT2D eigenvalue weighted by Crippen LogP contribution is -2.04. The molecule has 3 nitrogen and oxygen atoms in total. The predicted molar refractivity (Wildman–Crippen MR) is 55.8 cm³/mol. The van der Waals surface area contributed by atoms with Crippen LogP contribution < -0.4 is 0 Å². The summed E-state index contributed by atoms with van der Waals surface area (Å²) in [7, 11) is 0. The van der Waals surface area contributed by atoms with E-state index in [9.17, 15) is 4.79 Å². The summed E-state index contributed by atoms with van der Waals surface area (Å²) in [6, 6.07) is 4.68. The van der Waals surface area contributed by atoms with Gasteiger partial charge in [-0.2, -0.15) is 5.26 Å². The molecule has 72 valence electrons. The monoisotopic (exact) mass is 273 g/mol. The fourth-order valence-corrected chi connectivity index (χ4v) is 1.79. The van der Waals surface area contributed by atoms with Gasteiger partial charge in [0.15, 0.2) is 0 Å². The van der Waals surface area contributed by atoms with E-state index in [1.54, 1.807) is 6.07 Å². The molecule has 0 amide bonds. The average Bonchev–Trinajstić information content (AvgIpc) is 2.15. The number of carboxylic acid groups (broad SMARTS) is 1. The lowest BCUT2D eigenvalue weighted by molar-refractivity contribution is 0.0695. The van der Waals surface area contributed by atoms with Crippen molar-refractivity contribution in [1.82, 2.24) is 0 Å². The molecule has 14 heavy (non-hydrogen) atoms. The molecule has 0 aliphatic rings. The molecular weight excluding hydrogens is 269 g/mol. The first kappa shape index (κ1) is 11.0. The lowest BCUT2D eigenvalue weighted by atomic mass is 10.0. The first-order valence-electron chi connectivity index (χ1n) is 3.62. The lowest BCUT2D eigenvalue weighted by Gasteiger charge is -2.05. The normalized spacial score (nSPS) is 9.50. The van der Waals surface area contributed by atoms with Gasteiger partial charge < -0.3 is 5.11 Å². The van der Waals surface area contributed by atoms with Gasteiger partial charge in [0, 0.05) is 10.4 Å². The molecule has 0 saturated carbocycles. The molecular formula is C9H5BrClNO2. The van der Waals surface area contributed by atoms with E-state index >= 15 is 0 Å². The van der Waals surface area contributed by atoms with E-state index in [0.717, 1.165) is 0 Å². The van der Waals surface area contributed by atoms with Gasteiger partial charge in [-0.1, -0.05) is 27.5 Å². The third-order valence-electron chi connectivity index (χ3n) is 1.66. The maximum atomic E-state index is 10.9. The molecule has 0 heterocycles. The molecule has 1 N–H and O–H groups in total. The Morgan fingerprint density at radius 1 is 1.64 bits per heavy atom. The summed E-state index contributed by atoms with van der Waals surface area (Å²) in [5.41, 5.74) is 0.592. The molecule has 0 radical (unpaired) electrons. The summed E-state index contributed by atoms with van der Waals surface area (Å²) in [5.74, 6) is -1.12. The molecule has 0 unspecified atom stereocenters. The number of benzene rings is 1. The van der Waals surface area contributed by atoms with Crippen LogP contribution >= 0.6 is 27.5 Å². The number of rotatable bonds is 2. The third kappa shape index (κ3) is 2.06. The third-order valence-corrected chi connectivity index (χ3v) is 2.49. The second kappa shape index (κ2) is 4.45. The number of carboxylic acids is 1. The molecule has 5 heteroatoms. The molecule has 0 spiro atoms. The molecule has 0 aliphatic heterocycles. The van der Waals surface area contributed by atoms with E-state index in [2.05, 4.69) is 15.9 Å². The number of nitrogens with zero attached hydrogens (tertiary/aromatic N) is 1. The van der Waals surface area contributed by atoms with Crippen LogP contribution in [0.5, 0.6) is 0 Å². The van der Waals surface area contributed by atoms with Crippen molar-refractivity contribution in [3.05, 3.63) is 33.8 Å². The molecule has 0 atom stereocenters. The topological polar surface area (TPSA) is 61.1 Å². The molecule has 0 saturated heterocycles. The second-order valence-corrected chi connectivity index (χ2v) is 3.54. The van der Waals surface area contributed by atoms with Crippen LogP contribution in [0.1, 0.15) is 21.5 Å². The van der Waals surface area contributed by atoms with Crippen molar-refractivity contribution in [3.63, 3.8) is 0 Å². The van der Waals surface area contributed by atoms with E-state index in [4.69, 9.17) is 22.0 Å². The maximum absolute atomic E-state index is 10.9. The highest BCUT2D eigenvalue weighted by molar-refractivity contribution is 9.08. The molecule has 1 aromatic rings. The number of halogens is 2. The minimum Gasteiger partial charge on any atom is -0.478 e. The van der Waals surface area contributed by atoms with Crippen LogP contribution in [0.25, 0.3) is 0 Å². The summed E-state index contributed by atoms with van der Waals surface area (Å²) in [6.45, 7) is 0. The van der Waals surface area contributed by atoms with Gasteiger partial charge in [0.1, 0.15) is 6.07 Å². The Morgan fingerprint density at radius 3 is 2.71 bits per heavy atom. The quantitative estimate of drug-likeness (QED) is 0.844. The number of alkyl halides is 1. The molecule has 0 aliphatic carbocycles. The van der Waals surface area contributed by atoms with Gasteiger partial charge in [-0.25, -0.2) is 4.79 Å². The van der Waals surface area contributed by atoms with Crippen LogP contribution in [0.15, 0.2) is 12.1 Å². The smallest absolute Gasteiger partial charge is 0.337 e. The predicted octanol–water partition coefficient (Wildman–Crippen LogP) is 2.80. The van der Waals surface area contributed by atoms with Crippen LogP contribution in [0, 0.1) is 11.3 Å². The van der Waals surface area contributed by atoms with Crippen molar-refractivity contribution < 1.29 is 9.90 Å². The highest BCUT2D eigenvalue weighted by Crippen LogP contribution is 2.22. The van der Waals surface area contributed by atoms with E-state index in [1.807, 2.05) is 0 Å². The zero-order chi connectivity index (χ0) is 10.7. The number of nitriles is 1. The van der Waals surface area contributed by atoms with Crippen molar-refractivity contribution >= 4 is 33.5 Å². The summed E-state index contributed by atoms with van der Waals surface area (Å²) >= 11 is 8.86. The fraction of sp³-hybridized carbons (Fsp3) is 0.111. The van der Waals surface area contributed by atoms with E-state index in [-0.39, 0.29) is 11.1 Å². The van der Waals surface area contributed by atoms with Gasteiger partial charge in [-0.05, 0) is 17.7 Å². The van der Waals surface area contributed by atoms with Gasteiger partial charge in [0.05, 0.1) is 11.1 Å². The van der Waals surface area contributed by atoms with Crippen molar-refractivity contribution in [3.8, 4) is 6.07 Å². The molecule has 0 aromatic heterocycles. The summed E-state index contributed by atoms with van der Waals surface area (Å²) < 4.78 is 0. The standard InChI is InChI=1S/C9H5BrClNO2/c10-3-5-1-7(11)2-6(4-12)8(5)9(13)14/h1-2H,3H2,(H,13,14). The zero-order valence-corrected chi connectivity index (χ0v) is 9.26. The number of hydrogen-bond donors (Lipinski definition) is 1. The van der Waals surface area contributed by atoms with Gasteiger partial charge in [0.25, 0.3) is 0 Å². The van der Waals surface area contributed by atoms with Crippen molar-refractivity contribution in [2.75, 3.05) is 0 Å². The first-order valence-corrected chi connectivity index (χ1v) is 5.12. The van der Waals surface area contributed by atoms with Gasteiger partial charge >= 0.3 is 5.97 Å². The summed E-state index contributed by atoms with van der Waals surface area (Å²) in [6.07, 6.45) is 0. The van der Waals surface area contributed by atoms with Gasteiger partial charge in [-0.3, -0.25) is 0 Å². The van der Waals surface area contributed by atoms with Gasteiger partial charge in [0.2, 0.25) is 0 Å². The van der Waals surface area contributed by atoms with Crippen molar-refractivity contribution in [1.29, 1.82) is 5.26 Å². The Labute approximate surface area is 94.0 Å². The van der Waals surface area contributed by atoms with Crippen LogP contribution in [-0.2, 0) is 5.33 Å². The zero-order valence-electron chi connectivity index (χ0n) is 6.92. The van der Waals surface area contributed by atoms with Crippen molar-refractivity contribution in [2.45, 2.75) is 5.33 Å². The second-order valence-electron chi connectivity index (χ2n) is 2.54. The van der Waals surface area contributed by atoms with E-state index < -0.39 is 5.97 Å². The molecule has 0 bridgehead atoms. The summed E-state index contributed by atoms with van der Waals surface area (Å²) in [4.78, 5) is 10.9. The van der Waals surface area contributed by atoms with Crippen LogP contribution in [0.2, 0.25) is 5.02 Å². The number of carbonyl (C=O) groups is 1. The minimum absolute atomic E-state index is 0.00813. The van der Waals surface area contributed by atoms with Crippen LogP contribution in [-0.4, -0.2) is 11.1 Å². The summed E-state index contributed by atoms with van der Waals surface area (Å²) in [5, 5.41) is 18.3. The Morgan fingerprint density at radius 2 is 2.29 bits per heavy atom. The SMILES string of the molecule is N#Cc1cc(Cl)cc(CBr)c1C(=O)O. The molecule has 1 rings (SSSR count). The highest BCUT2D eigenvalue weighted by atomic mass is 79.9.